The van der Waals surface area contributed by atoms with Gasteiger partial charge in [0.05, 0.1) is 12.4 Å². The molecule has 0 saturated heterocycles. The Balaban J connectivity index is 1.71. The molecule has 0 saturated carbocycles. The zero-order chi connectivity index (χ0) is 16.5. The van der Waals surface area contributed by atoms with Crippen molar-refractivity contribution in [1.82, 2.24) is 9.13 Å². The second-order valence-electron chi connectivity index (χ2n) is 5.77. The minimum absolute atomic E-state index is 0.886. The van der Waals surface area contributed by atoms with Gasteiger partial charge in [0.2, 0.25) is 12.7 Å². The minimum Gasteiger partial charge on any atom is -0.225 e. The number of benzene rings is 2. The first-order chi connectivity index (χ1) is 11.8. The molecule has 0 aliphatic heterocycles. The number of aryl methyl sites for hydroxylation is 2. The molecule has 0 spiro atoms. The van der Waals surface area contributed by atoms with E-state index < -0.39 is 0 Å². The van der Waals surface area contributed by atoms with Crippen LogP contribution < -0.4 is 9.13 Å². The molecular formula is C20H20N4+2. The second-order valence-corrected chi connectivity index (χ2v) is 5.77. The summed E-state index contributed by atoms with van der Waals surface area (Å²) in [6, 6.07) is 16.8. The highest BCUT2D eigenvalue weighted by molar-refractivity contribution is 5.74. The van der Waals surface area contributed by atoms with Gasteiger partial charge in [-0.2, -0.15) is 0 Å². The molecule has 4 rings (SSSR count). The van der Waals surface area contributed by atoms with E-state index in [1.54, 1.807) is 0 Å². The molecule has 0 aliphatic carbocycles. The number of hydrogen-bond donors (Lipinski definition) is 0. The molecule has 0 N–H and O–H groups in total. The molecule has 4 aromatic rings. The Bertz CT molecular complexity index is 966. The molecule has 118 valence electrons. The lowest BCUT2D eigenvalue weighted by Gasteiger charge is -1.97. The smallest absolute Gasteiger partial charge is 0.225 e. The van der Waals surface area contributed by atoms with Crippen molar-refractivity contribution in [3.8, 4) is 0 Å². The first-order valence-electron chi connectivity index (χ1n) is 8.05. The highest BCUT2D eigenvalue weighted by Crippen LogP contribution is 2.12. The van der Waals surface area contributed by atoms with Gasteiger partial charge >= 0.3 is 0 Å². The van der Waals surface area contributed by atoms with Crippen molar-refractivity contribution in [3.05, 3.63) is 74.3 Å². The molecule has 2 heterocycles. The molecule has 0 unspecified atom stereocenters. The third kappa shape index (κ3) is 2.24. The fourth-order valence-corrected chi connectivity index (χ4v) is 3.26. The minimum atomic E-state index is 0.886. The van der Waals surface area contributed by atoms with Gasteiger partial charge in [-0.15, -0.1) is 0 Å². The summed E-state index contributed by atoms with van der Waals surface area (Å²) in [5, 5.41) is 0. The lowest BCUT2D eigenvalue weighted by Crippen LogP contribution is -2.43. The molecule has 0 fully saturated rings. The van der Waals surface area contributed by atoms with Crippen molar-refractivity contribution in [2.75, 3.05) is 0 Å². The molecule has 2 aromatic heterocycles. The molecule has 0 aliphatic rings. The van der Waals surface area contributed by atoms with E-state index >= 15 is 0 Å². The summed E-state index contributed by atoms with van der Waals surface area (Å²) in [4.78, 5) is 0. The van der Waals surface area contributed by atoms with Gasteiger partial charge in [0.1, 0.15) is 13.1 Å². The van der Waals surface area contributed by atoms with Gasteiger partial charge in [0.25, 0.3) is 0 Å². The van der Waals surface area contributed by atoms with Crippen LogP contribution in [0.15, 0.2) is 74.3 Å². The Kier molecular flexibility index (Phi) is 3.50. The second kappa shape index (κ2) is 5.81. The van der Waals surface area contributed by atoms with Crippen molar-refractivity contribution in [2.45, 2.75) is 13.1 Å². The predicted molar refractivity (Wildman–Crippen MR) is 97.0 cm³/mol. The van der Waals surface area contributed by atoms with Gasteiger partial charge < -0.3 is 0 Å². The third-order valence-corrected chi connectivity index (χ3v) is 4.44. The number of fused-ring (bicyclic) bond motifs is 2. The van der Waals surface area contributed by atoms with Gasteiger partial charge in [0, 0.05) is 0 Å². The first-order valence-corrected chi connectivity index (χ1v) is 8.05. The van der Waals surface area contributed by atoms with Gasteiger partial charge in [0.15, 0.2) is 22.1 Å². The molecular weight excluding hydrogens is 296 g/mol. The lowest BCUT2D eigenvalue weighted by atomic mass is 10.3. The van der Waals surface area contributed by atoms with Crippen LogP contribution in [0.5, 0.6) is 0 Å². The molecule has 0 bridgehead atoms. The first kappa shape index (κ1) is 14.5. The standard InChI is InChI=1S/C20H20N4/c1-3-21-15-23(19-11-7-5-9-17(19)21)13-14-24-16-22(4-2)18-10-6-8-12-20(18)24/h3-12,15-16H,1-2,13-14H2/q+2. The maximum Gasteiger partial charge on any atom is 0.249 e. The molecule has 0 atom stereocenters. The van der Waals surface area contributed by atoms with Crippen LogP contribution in [-0.2, 0) is 13.1 Å². The van der Waals surface area contributed by atoms with E-state index in [1.165, 1.54) is 22.1 Å². The van der Waals surface area contributed by atoms with Gasteiger partial charge in [-0.05, 0) is 24.3 Å². The highest BCUT2D eigenvalue weighted by atomic mass is 15.2. The van der Waals surface area contributed by atoms with E-state index in [0.29, 0.717) is 0 Å². The number of aromatic nitrogens is 4. The van der Waals surface area contributed by atoms with E-state index in [4.69, 9.17) is 0 Å². The van der Waals surface area contributed by atoms with Crippen LogP contribution in [0.4, 0.5) is 0 Å². The predicted octanol–water partition coefficient (Wildman–Crippen LogP) is 3.07. The number of nitrogens with zero attached hydrogens (tertiary/aromatic N) is 4. The zero-order valence-electron chi connectivity index (χ0n) is 13.5. The van der Waals surface area contributed by atoms with Crippen molar-refractivity contribution in [3.63, 3.8) is 0 Å². The maximum atomic E-state index is 3.90. The Hall–Kier alpha value is -3.14. The van der Waals surface area contributed by atoms with E-state index in [0.717, 1.165) is 13.1 Å². The molecule has 0 amide bonds. The molecule has 2 aromatic carbocycles. The third-order valence-electron chi connectivity index (χ3n) is 4.44. The zero-order valence-corrected chi connectivity index (χ0v) is 13.5. The quantitative estimate of drug-likeness (QED) is 0.504. The van der Waals surface area contributed by atoms with Crippen LogP contribution in [0.25, 0.3) is 34.5 Å². The summed E-state index contributed by atoms with van der Waals surface area (Å²) >= 11 is 0. The van der Waals surface area contributed by atoms with Crippen LogP contribution in [0.3, 0.4) is 0 Å². The fourth-order valence-electron chi connectivity index (χ4n) is 3.26. The Morgan fingerprint density at radius 2 is 1.12 bits per heavy atom. The topological polar surface area (TPSA) is 17.6 Å². The monoisotopic (exact) mass is 316 g/mol. The maximum absolute atomic E-state index is 3.90. The largest absolute Gasteiger partial charge is 0.249 e. The van der Waals surface area contributed by atoms with Crippen molar-refractivity contribution in [2.24, 2.45) is 0 Å². The Labute approximate surface area is 140 Å². The van der Waals surface area contributed by atoms with Crippen LogP contribution in [0.2, 0.25) is 0 Å². The van der Waals surface area contributed by atoms with Crippen LogP contribution >= 0.6 is 0 Å². The van der Waals surface area contributed by atoms with Crippen molar-refractivity contribution in [1.29, 1.82) is 0 Å². The van der Waals surface area contributed by atoms with Crippen molar-refractivity contribution >= 4 is 34.5 Å². The molecule has 4 nitrogen and oxygen atoms in total. The number of imidazole rings is 2. The highest BCUT2D eigenvalue weighted by Gasteiger charge is 2.17. The molecule has 4 heteroatoms. The van der Waals surface area contributed by atoms with Crippen molar-refractivity contribution < 1.29 is 9.13 Å². The number of rotatable bonds is 5. The van der Waals surface area contributed by atoms with Crippen LogP contribution in [0.1, 0.15) is 0 Å². The summed E-state index contributed by atoms with van der Waals surface area (Å²) < 4.78 is 8.66. The summed E-state index contributed by atoms with van der Waals surface area (Å²) in [7, 11) is 0. The van der Waals surface area contributed by atoms with E-state index in [9.17, 15) is 0 Å². The Morgan fingerprint density at radius 1 is 0.708 bits per heavy atom. The average Bonchev–Trinajstić information content (AvgIpc) is 3.18. The average molecular weight is 316 g/mol. The van der Waals surface area contributed by atoms with Gasteiger partial charge in [-0.25, -0.2) is 18.3 Å². The number of para-hydroxylation sites is 4. The summed E-state index contributed by atoms with van der Waals surface area (Å²) in [5.41, 5.74) is 4.77. The molecule has 0 radical (unpaired) electrons. The molecule has 24 heavy (non-hydrogen) atoms. The summed E-state index contributed by atoms with van der Waals surface area (Å²) in [5.74, 6) is 0. The number of hydrogen-bond acceptors (Lipinski definition) is 0. The van der Waals surface area contributed by atoms with E-state index in [-0.39, 0.29) is 0 Å². The summed E-state index contributed by atoms with van der Waals surface area (Å²) in [6.07, 6.45) is 7.89. The summed E-state index contributed by atoms with van der Waals surface area (Å²) in [6.45, 7) is 9.57. The van der Waals surface area contributed by atoms with Crippen LogP contribution in [-0.4, -0.2) is 9.13 Å². The van der Waals surface area contributed by atoms with Crippen LogP contribution in [0, 0.1) is 0 Å². The Morgan fingerprint density at radius 3 is 1.54 bits per heavy atom. The van der Waals surface area contributed by atoms with E-state index in [1.807, 2.05) is 12.4 Å². The fraction of sp³-hybridized carbons (Fsp3) is 0.100. The lowest BCUT2D eigenvalue weighted by molar-refractivity contribution is -0.755. The SMILES string of the molecule is C=Cn1c[n+](CC[n+]2cn(C=C)c3ccccc32)c2ccccc21. The normalized spacial score (nSPS) is 11.2. The van der Waals surface area contributed by atoms with E-state index in [2.05, 4.69) is 92.6 Å². The van der Waals surface area contributed by atoms with Gasteiger partial charge in [-0.1, -0.05) is 37.4 Å². The van der Waals surface area contributed by atoms with Gasteiger partial charge in [-0.3, -0.25) is 0 Å².